The van der Waals surface area contributed by atoms with Crippen LogP contribution in [0.3, 0.4) is 0 Å². The van der Waals surface area contributed by atoms with Crippen molar-refractivity contribution in [1.29, 1.82) is 0 Å². The average Bonchev–Trinajstić information content (AvgIpc) is 2.77. The van der Waals surface area contributed by atoms with Crippen LogP contribution < -0.4 is 10.1 Å². The number of ketones is 1. The van der Waals surface area contributed by atoms with E-state index >= 15 is 0 Å². The van der Waals surface area contributed by atoms with Crippen LogP contribution in [0.4, 0.5) is 0 Å². The minimum Gasteiger partial charge on any atom is -0.496 e. The van der Waals surface area contributed by atoms with E-state index in [0.717, 1.165) is 16.8 Å². The summed E-state index contributed by atoms with van der Waals surface area (Å²) in [5.41, 5.74) is 4.46. The number of esters is 1. The first-order chi connectivity index (χ1) is 15.8. The fourth-order valence-electron chi connectivity index (χ4n) is 4.77. The molecule has 0 saturated carbocycles. The van der Waals surface area contributed by atoms with E-state index in [9.17, 15) is 9.59 Å². The standard InChI is InChI=1S/C27H28ClNO4/c1-15(2)33-27(31)24-16(3)29-21-13-18(17-9-11-19(28)12-10-17)14-22(30)26(21)25(24)20-7-5-6-8-23(20)32-4/h5-12,15,18,25,29H,13-14H2,1-4H3/t18-,25+/m0/s1. The van der Waals surface area contributed by atoms with Gasteiger partial charge in [-0.1, -0.05) is 41.9 Å². The number of ether oxygens (including phenoxy) is 2. The predicted molar refractivity (Wildman–Crippen MR) is 128 cm³/mol. The normalized spacial score (nSPS) is 20.5. The summed E-state index contributed by atoms with van der Waals surface area (Å²) < 4.78 is 11.2. The molecule has 2 aromatic rings. The molecule has 0 amide bonds. The Kier molecular flexibility index (Phi) is 6.61. The Bertz CT molecular complexity index is 1150. The molecule has 0 fully saturated rings. The Hall–Kier alpha value is -3.05. The molecule has 172 valence electrons. The summed E-state index contributed by atoms with van der Waals surface area (Å²) in [5.74, 6) is -0.294. The van der Waals surface area contributed by atoms with Crippen molar-refractivity contribution in [3.05, 3.63) is 87.2 Å². The Morgan fingerprint density at radius 1 is 1.09 bits per heavy atom. The van der Waals surface area contributed by atoms with E-state index in [1.54, 1.807) is 7.11 Å². The summed E-state index contributed by atoms with van der Waals surface area (Å²) in [6.07, 6.45) is 0.750. The molecule has 0 spiro atoms. The molecule has 2 aliphatic rings. The molecule has 2 atom stereocenters. The molecule has 6 heteroatoms. The van der Waals surface area contributed by atoms with Crippen LogP contribution in [0.25, 0.3) is 0 Å². The largest absolute Gasteiger partial charge is 0.496 e. The van der Waals surface area contributed by atoms with Gasteiger partial charge in [0.1, 0.15) is 5.75 Å². The molecular weight excluding hydrogens is 438 g/mol. The van der Waals surface area contributed by atoms with Gasteiger partial charge in [0, 0.05) is 34.0 Å². The third kappa shape index (κ3) is 4.55. The van der Waals surface area contributed by atoms with E-state index < -0.39 is 11.9 Å². The molecule has 33 heavy (non-hydrogen) atoms. The maximum Gasteiger partial charge on any atom is 0.337 e. The van der Waals surface area contributed by atoms with E-state index in [2.05, 4.69) is 5.32 Å². The molecule has 5 nitrogen and oxygen atoms in total. The summed E-state index contributed by atoms with van der Waals surface area (Å²) in [6, 6.07) is 15.2. The summed E-state index contributed by atoms with van der Waals surface area (Å²) in [6.45, 7) is 5.49. The van der Waals surface area contributed by atoms with Crippen molar-refractivity contribution in [2.24, 2.45) is 0 Å². The molecule has 0 bridgehead atoms. The van der Waals surface area contributed by atoms with E-state index in [4.69, 9.17) is 21.1 Å². The molecule has 1 aliphatic heterocycles. The average molecular weight is 466 g/mol. The van der Waals surface area contributed by atoms with Crippen LogP contribution >= 0.6 is 11.6 Å². The highest BCUT2D eigenvalue weighted by molar-refractivity contribution is 6.30. The molecule has 4 rings (SSSR count). The van der Waals surface area contributed by atoms with Gasteiger partial charge in [-0.25, -0.2) is 4.79 Å². The fraction of sp³-hybridized carbons (Fsp3) is 0.333. The van der Waals surface area contributed by atoms with Gasteiger partial charge in [-0.05, 0) is 56.9 Å². The van der Waals surface area contributed by atoms with E-state index in [1.807, 2.05) is 69.3 Å². The van der Waals surface area contributed by atoms with E-state index in [0.29, 0.717) is 40.5 Å². The number of rotatable bonds is 5. The number of carbonyl (C=O) groups excluding carboxylic acids is 2. The number of halogens is 1. The third-order valence-corrected chi connectivity index (χ3v) is 6.43. The van der Waals surface area contributed by atoms with Gasteiger partial charge < -0.3 is 14.8 Å². The van der Waals surface area contributed by atoms with Gasteiger partial charge in [0.05, 0.1) is 24.7 Å². The van der Waals surface area contributed by atoms with Crippen LogP contribution in [0.2, 0.25) is 5.02 Å². The lowest BCUT2D eigenvalue weighted by Gasteiger charge is -2.37. The van der Waals surface area contributed by atoms with Crippen LogP contribution in [0.15, 0.2) is 71.1 Å². The van der Waals surface area contributed by atoms with Gasteiger partial charge in [-0.2, -0.15) is 0 Å². The first-order valence-electron chi connectivity index (χ1n) is 11.1. The van der Waals surface area contributed by atoms with Gasteiger partial charge in [0.2, 0.25) is 0 Å². The summed E-state index contributed by atoms with van der Waals surface area (Å²) in [4.78, 5) is 26.8. The smallest absolute Gasteiger partial charge is 0.337 e. The monoisotopic (exact) mass is 465 g/mol. The number of para-hydroxylation sites is 1. The number of carbonyl (C=O) groups is 2. The second kappa shape index (κ2) is 9.44. The number of Topliss-reactive ketones (excluding diaryl/α,β-unsaturated/α-hetero) is 1. The summed E-state index contributed by atoms with van der Waals surface area (Å²) in [7, 11) is 1.59. The molecule has 0 saturated heterocycles. The quantitative estimate of drug-likeness (QED) is 0.577. The zero-order valence-corrected chi connectivity index (χ0v) is 20.0. The molecule has 1 aliphatic carbocycles. The van der Waals surface area contributed by atoms with Crippen molar-refractivity contribution < 1.29 is 19.1 Å². The molecule has 0 unspecified atom stereocenters. The van der Waals surface area contributed by atoms with Gasteiger partial charge >= 0.3 is 5.97 Å². The number of hydrogen-bond acceptors (Lipinski definition) is 5. The first kappa shape index (κ1) is 23.1. The summed E-state index contributed by atoms with van der Waals surface area (Å²) >= 11 is 6.06. The Balaban J connectivity index is 1.82. The van der Waals surface area contributed by atoms with E-state index in [1.165, 1.54) is 0 Å². The lowest BCUT2D eigenvalue weighted by molar-refractivity contribution is -0.143. The van der Waals surface area contributed by atoms with Crippen molar-refractivity contribution in [2.75, 3.05) is 7.11 Å². The van der Waals surface area contributed by atoms with Crippen molar-refractivity contribution in [1.82, 2.24) is 5.32 Å². The minimum atomic E-state index is -0.553. The second-order valence-corrected chi connectivity index (χ2v) is 9.20. The van der Waals surface area contributed by atoms with Crippen molar-refractivity contribution in [3.8, 4) is 5.75 Å². The Morgan fingerprint density at radius 3 is 2.45 bits per heavy atom. The Morgan fingerprint density at radius 2 is 1.79 bits per heavy atom. The first-order valence-corrected chi connectivity index (χ1v) is 11.5. The predicted octanol–water partition coefficient (Wildman–Crippen LogP) is 5.66. The molecule has 1 heterocycles. The SMILES string of the molecule is COc1ccccc1[C@@H]1C(C(=O)OC(C)C)=C(C)NC2=C1C(=O)C[C@@H](c1ccc(Cl)cc1)C2. The van der Waals surface area contributed by atoms with Gasteiger partial charge in [-0.3, -0.25) is 4.79 Å². The number of nitrogens with one attached hydrogen (secondary N) is 1. The van der Waals surface area contributed by atoms with Crippen molar-refractivity contribution >= 4 is 23.4 Å². The highest BCUT2D eigenvalue weighted by Gasteiger charge is 2.42. The van der Waals surface area contributed by atoms with Crippen molar-refractivity contribution in [2.45, 2.75) is 51.6 Å². The number of methoxy groups -OCH3 is 1. The number of hydrogen-bond donors (Lipinski definition) is 1. The molecule has 0 aromatic heterocycles. The molecule has 1 N–H and O–H groups in total. The molecule has 0 radical (unpaired) electrons. The van der Waals surface area contributed by atoms with Crippen molar-refractivity contribution in [3.63, 3.8) is 0 Å². The third-order valence-electron chi connectivity index (χ3n) is 6.18. The van der Waals surface area contributed by atoms with Crippen LogP contribution in [0.5, 0.6) is 5.75 Å². The zero-order chi connectivity index (χ0) is 23.7. The highest BCUT2D eigenvalue weighted by atomic mass is 35.5. The highest BCUT2D eigenvalue weighted by Crippen LogP contribution is 2.47. The van der Waals surface area contributed by atoms with Crippen LogP contribution in [0, 0.1) is 0 Å². The number of benzene rings is 2. The maximum atomic E-state index is 13.6. The lowest BCUT2D eigenvalue weighted by Crippen LogP contribution is -2.36. The van der Waals surface area contributed by atoms with Gasteiger partial charge in [-0.15, -0.1) is 0 Å². The second-order valence-electron chi connectivity index (χ2n) is 8.76. The fourth-order valence-corrected chi connectivity index (χ4v) is 4.90. The van der Waals surface area contributed by atoms with Gasteiger partial charge in [0.25, 0.3) is 0 Å². The van der Waals surface area contributed by atoms with Crippen LogP contribution in [0.1, 0.15) is 56.6 Å². The molecular formula is C27H28ClNO4. The molecule has 2 aromatic carbocycles. The maximum absolute atomic E-state index is 13.6. The lowest BCUT2D eigenvalue weighted by atomic mass is 9.71. The van der Waals surface area contributed by atoms with Gasteiger partial charge in [0.15, 0.2) is 5.78 Å². The summed E-state index contributed by atoms with van der Waals surface area (Å²) in [5, 5.41) is 4.04. The van der Waals surface area contributed by atoms with Crippen LogP contribution in [-0.2, 0) is 14.3 Å². The zero-order valence-electron chi connectivity index (χ0n) is 19.3. The minimum absolute atomic E-state index is 0.0157. The topological polar surface area (TPSA) is 64.6 Å². The number of dihydropyridines is 1. The van der Waals surface area contributed by atoms with Crippen LogP contribution in [-0.4, -0.2) is 25.0 Å². The van der Waals surface area contributed by atoms with E-state index in [-0.39, 0.29) is 17.8 Å². The number of allylic oxidation sites excluding steroid dienone is 3. The Labute approximate surface area is 199 Å².